The number of Topliss-reactive ketones (excluding diaryl/α,β-unsaturated/α-hetero) is 1. The van der Waals surface area contributed by atoms with Crippen LogP contribution < -0.4 is 0 Å². The first-order chi connectivity index (χ1) is 9.60. The van der Waals surface area contributed by atoms with Gasteiger partial charge in [-0.1, -0.05) is 44.2 Å². The van der Waals surface area contributed by atoms with Crippen LogP contribution in [0.2, 0.25) is 0 Å². The van der Waals surface area contributed by atoms with Crippen LogP contribution in [-0.4, -0.2) is 5.78 Å². The number of allylic oxidation sites excluding steroid dienone is 2. The van der Waals surface area contributed by atoms with Gasteiger partial charge in [0.05, 0.1) is 0 Å². The molecule has 2 bridgehead atoms. The van der Waals surface area contributed by atoms with Crippen LogP contribution in [0.4, 0.5) is 0 Å². The molecule has 3 aliphatic rings. The average molecular weight is 266 g/mol. The molecule has 20 heavy (non-hydrogen) atoms. The molecule has 1 saturated carbocycles. The number of benzene rings is 1. The van der Waals surface area contributed by atoms with Crippen molar-refractivity contribution >= 4 is 5.78 Å². The van der Waals surface area contributed by atoms with E-state index in [2.05, 4.69) is 44.2 Å². The Morgan fingerprint density at radius 3 is 2.75 bits per heavy atom. The molecule has 0 radical (unpaired) electrons. The monoisotopic (exact) mass is 266 g/mol. The van der Waals surface area contributed by atoms with E-state index in [9.17, 15) is 4.79 Å². The first-order valence-electron chi connectivity index (χ1n) is 7.96. The maximum absolute atomic E-state index is 12.3. The number of hydrogen-bond acceptors (Lipinski definition) is 1. The van der Waals surface area contributed by atoms with Gasteiger partial charge < -0.3 is 0 Å². The van der Waals surface area contributed by atoms with Gasteiger partial charge in [0.1, 0.15) is 0 Å². The van der Waals surface area contributed by atoms with Gasteiger partial charge in [0.2, 0.25) is 0 Å². The van der Waals surface area contributed by atoms with Crippen molar-refractivity contribution in [3.8, 4) is 0 Å². The molecule has 1 aromatic carbocycles. The van der Waals surface area contributed by atoms with Crippen molar-refractivity contribution in [3.63, 3.8) is 0 Å². The van der Waals surface area contributed by atoms with Crippen LogP contribution in [0.5, 0.6) is 0 Å². The Morgan fingerprint density at radius 1 is 1.25 bits per heavy atom. The third kappa shape index (κ3) is 1.52. The van der Waals surface area contributed by atoms with Gasteiger partial charge in [0.25, 0.3) is 0 Å². The summed E-state index contributed by atoms with van der Waals surface area (Å²) in [7, 11) is 0. The largest absolute Gasteiger partial charge is 0.294 e. The summed E-state index contributed by atoms with van der Waals surface area (Å²) >= 11 is 0. The van der Waals surface area contributed by atoms with Gasteiger partial charge in [-0.2, -0.15) is 0 Å². The topological polar surface area (TPSA) is 17.1 Å². The number of fused-ring (bicyclic) bond motifs is 5. The summed E-state index contributed by atoms with van der Waals surface area (Å²) in [5.74, 6) is 2.31. The van der Waals surface area contributed by atoms with Gasteiger partial charge in [-0.25, -0.2) is 0 Å². The van der Waals surface area contributed by atoms with Crippen molar-refractivity contribution in [3.05, 3.63) is 47.0 Å². The highest BCUT2D eigenvalue weighted by Crippen LogP contribution is 2.58. The van der Waals surface area contributed by atoms with Crippen LogP contribution in [0.25, 0.3) is 0 Å². The van der Waals surface area contributed by atoms with Crippen molar-refractivity contribution in [2.24, 2.45) is 11.8 Å². The van der Waals surface area contributed by atoms with Gasteiger partial charge in [0.15, 0.2) is 5.78 Å². The Morgan fingerprint density at radius 2 is 2.10 bits per heavy atom. The number of carbonyl (C=O) groups excluding carboxylic acids is 1. The van der Waals surface area contributed by atoms with E-state index in [1.165, 1.54) is 24.0 Å². The zero-order chi connectivity index (χ0) is 13.9. The Labute approximate surface area is 121 Å². The third-order valence-corrected chi connectivity index (χ3v) is 5.85. The van der Waals surface area contributed by atoms with Crippen molar-refractivity contribution < 1.29 is 4.79 Å². The molecule has 0 N–H and O–H groups in total. The molecule has 0 heterocycles. The van der Waals surface area contributed by atoms with Crippen LogP contribution in [-0.2, 0) is 5.41 Å². The minimum absolute atomic E-state index is 0.271. The van der Waals surface area contributed by atoms with Crippen LogP contribution in [0.3, 0.4) is 0 Å². The Kier molecular flexibility index (Phi) is 2.52. The van der Waals surface area contributed by atoms with E-state index >= 15 is 0 Å². The molecule has 1 aromatic rings. The van der Waals surface area contributed by atoms with Crippen molar-refractivity contribution in [1.82, 2.24) is 0 Å². The van der Waals surface area contributed by atoms with E-state index in [4.69, 9.17) is 0 Å². The van der Waals surface area contributed by atoms with Crippen LogP contribution in [0, 0.1) is 11.8 Å². The molecule has 104 valence electrons. The minimum Gasteiger partial charge on any atom is -0.294 e. The van der Waals surface area contributed by atoms with E-state index < -0.39 is 0 Å². The van der Waals surface area contributed by atoms with E-state index in [1.54, 1.807) is 0 Å². The minimum atomic E-state index is 0.271. The smallest absolute Gasteiger partial charge is 0.163 e. The first kappa shape index (κ1) is 12.4. The van der Waals surface area contributed by atoms with Gasteiger partial charge in [-0.05, 0) is 48.1 Å². The number of carbonyl (C=O) groups is 1. The molecule has 1 fully saturated rings. The highest BCUT2D eigenvalue weighted by atomic mass is 16.1. The van der Waals surface area contributed by atoms with E-state index in [0.29, 0.717) is 17.6 Å². The molecule has 0 aliphatic heterocycles. The van der Waals surface area contributed by atoms with Crippen LogP contribution in [0.15, 0.2) is 30.4 Å². The fourth-order valence-corrected chi connectivity index (χ4v) is 4.73. The second-order valence-corrected chi connectivity index (χ2v) is 7.23. The predicted octanol–water partition coefficient (Wildman–Crippen LogP) is 4.62. The molecular formula is C19H22O. The van der Waals surface area contributed by atoms with Crippen molar-refractivity contribution in [2.45, 2.75) is 50.9 Å². The molecule has 3 unspecified atom stereocenters. The molecule has 4 rings (SSSR count). The van der Waals surface area contributed by atoms with Gasteiger partial charge in [-0.15, -0.1) is 0 Å². The zero-order valence-electron chi connectivity index (χ0n) is 12.4. The second kappa shape index (κ2) is 4.07. The second-order valence-electron chi connectivity index (χ2n) is 7.23. The SMILES string of the molecule is CC(C)c1ccc2c(c1)C1(CCC2=O)CC2C=CC1C2. The van der Waals surface area contributed by atoms with Crippen LogP contribution >= 0.6 is 0 Å². The fraction of sp³-hybridized carbons (Fsp3) is 0.526. The molecule has 1 nitrogen and oxygen atoms in total. The van der Waals surface area contributed by atoms with E-state index in [0.717, 1.165) is 24.3 Å². The lowest BCUT2D eigenvalue weighted by Crippen LogP contribution is -2.37. The lowest BCUT2D eigenvalue weighted by Gasteiger charge is -2.41. The molecule has 1 spiro atoms. The van der Waals surface area contributed by atoms with Gasteiger partial charge >= 0.3 is 0 Å². The summed E-state index contributed by atoms with van der Waals surface area (Å²) < 4.78 is 0. The standard InChI is InChI=1S/C19H22O/c1-12(2)14-4-6-16-17(10-14)19(8-7-18(16)20)11-13-3-5-15(19)9-13/h3-6,10,12-13,15H,7-9,11H2,1-2H3. The maximum atomic E-state index is 12.3. The number of rotatable bonds is 1. The Bertz CT molecular complexity index is 610. The van der Waals surface area contributed by atoms with E-state index in [1.807, 2.05) is 0 Å². The Hall–Kier alpha value is -1.37. The number of ketones is 1. The summed E-state index contributed by atoms with van der Waals surface area (Å²) in [5.41, 5.74) is 4.04. The third-order valence-electron chi connectivity index (χ3n) is 5.85. The molecule has 1 heteroatoms. The number of hydrogen-bond donors (Lipinski definition) is 0. The molecule has 3 aliphatic carbocycles. The summed E-state index contributed by atoms with van der Waals surface area (Å²) in [6, 6.07) is 6.61. The van der Waals surface area contributed by atoms with Gasteiger partial charge in [0, 0.05) is 17.4 Å². The summed E-state index contributed by atoms with van der Waals surface area (Å²) in [5, 5.41) is 0. The first-order valence-corrected chi connectivity index (χ1v) is 7.96. The normalized spacial score (nSPS) is 34.2. The molecule has 0 aromatic heterocycles. The summed E-state index contributed by atoms with van der Waals surface area (Å²) in [6.45, 7) is 4.47. The lowest BCUT2D eigenvalue weighted by atomic mass is 9.62. The average Bonchev–Trinajstić information content (AvgIpc) is 3.04. The Balaban J connectivity index is 1.90. The van der Waals surface area contributed by atoms with Crippen molar-refractivity contribution in [2.75, 3.05) is 0 Å². The van der Waals surface area contributed by atoms with Crippen molar-refractivity contribution in [1.29, 1.82) is 0 Å². The lowest BCUT2D eigenvalue weighted by molar-refractivity contribution is 0.0944. The predicted molar refractivity (Wildman–Crippen MR) is 81.1 cm³/mol. The fourth-order valence-electron chi connectivity index (χ4n) is 4.73. The quantitative estimate of drug-likeness (QED) is 0.678. The summed E-state index contributed by atoms with van der Waals surface area (Å²) in [4.78, 5) is 12.3. The summed E-state index contributed by atoms with van der Waals surface area (Å²) in [6.07, 6.45) is 9.20. The van der Waals surface area contributed by atoms with Gasteiger partial charge in [-0.3, -0.25) is 4.79 Å². The highest BCUT2D eigenvalue weighted by molar-refractivity contribution is 5.99. The maximum Gasteiger partial charge on any atom is 0.163 e. The zero-order valence-corrected chi connectivity index (χ0v) is 12.4. The van der Waals surface area contributed by atoms with E-state index in [-0.39, 0.29) is 5.41 Å². The molecule has 3 atom stereocenters. The molecule has 0 amide bonds. The van der Waals surface area contributed by atoms with Crippen LogP contribution in [0.1, 0.15) is 66.9 Å². The molecule has 0 saturated heterocycles. The molecular weight excluding hydrogens is 244 g/mol. The highest BCUT2D eigenvalue weighted by Gasteiger charge is 2.52.